The summed E-state index contributed by atoms with van der Waals surface area (Å²) >= 11 is 0. The number of carbonyl (C=O) groups is 1. The summed E-state index contributed by atoms with van der Waals surface area (Å²) in [6.07, 6.45) is 2.56. The number of ether oxygens (including phenoxy) is 1. The topological polar surface area (TPSA) is 51.2 Å². The third kappa shape index (κ3) is 4.15. The van der Waals surface area contributed by atoms with Gasteiger partial charge < -0.3 is 10.1 Å². The number of carbonyl (C=O) groups excluding carboxylic acids is 1. The molecule has 0 aliphatic heterocycles. The van der Waals surface area contributed by atoms with E-state index in [4.69, 9.17) is 4.74 Å². The number of hydrogen-bond acceptors (Lipinski definition) is 3. The first-order valence-electron chi connectivity index (χ1n) is 5.97. The number of nitrogens with zero attached hydrogens (tertiary/aromatic N) is 1. The van der Waals surface area contributed by atoms with Crippen molar-refractivity contribution in [3.63, 3.8) is 0 Å². The van der Waals surface area contributed by atoms with Crippen LogP contribution in [0.2, 0.25) is 0 Å². The number of aromatic nitrogens is 1. The highest BCUT2D eigenvalue weighted by Gasteiger charge is 2.15. The van der Waals surface area contributed by atoms with E-state index in [-0.39, 0.29) is 18.6 Å². The molecule has 4 nitrogen and oxygen atoms in total. The summed E-state index contributed by atoms with van der Waals surface area (Å²) in [4.78, 5) is 15.9. The van der Waals surface area contributed by atoms with Gasteiger partial charge in [-0.1, -0.05) is 13.0 Å². The van der Waals surface area contributed by atoms with Gasteiger partial charge in [0.25, 0.3) is 0 Å². The Morgan fingerprint density at radius 2 is 2.29 bits per heavy atom. The van der Waals surface area contributed by atoms with E-state index < -0.39 is 0 Å². The summed E-state index contributed by atoms with van der Waals surface area (Å²) in [5.41, 5.74) is 2.02. The lowest BCUT2D eigenvalue weighted by Crippen LogP contribution is -2.32. The van der Waals surface area contributed by atoms with Crippen LogP contribution in [-0.4, -0.2) is 24.1 Å². The molecule has 0 fully saturated rings. The minimum absolute atomic E-state index is 0.0378. The highest BCUT2D eigenvalue weighted by Crippen LogP contribution is 2.17. The van der Waals surface area contributed by atoms with E-state index in [1.165, 1.54) is 0 Å². The van der Waals surface area contributed by atoms with Crippen molar-refractivity contribution < 1.29 is 9.53 Å². The second-order valence-electron chi connectivity index (χ2n) is 3.87. The van der Waals surface area contributed by atoms with Crippen molar-refractivity contribution in [1.82, 2.24) is 10.3 Å². The molecule has 1 amide bonds. The third-order valence-electron chi connectivity index (χ3n) is 2.56. The Bertz CT molecular complexity index is 366. The second-order valence-corrected chi connectivity index (χ2v) is 3.87. The fraction of sp³-hybridized carbons (Fsp3) is 0.538. The standard InChI is InChI=1S/C13H20N2O2/c1-4-11(15-12(16)9-17-5-2)13-10(3)7-6-8-14-13/h6-8,11H,4-5,9H2,1-3H3,(H,15,16)/t11-/m1/s1. The van der Waals surface area contributed by atoms with Crippen LogP contribution < -0.4 is 5.32 Å². The zero-order chi connectivity index (χ0) is 12.7. The van der Waals surface area contributed by atoms with Gasteiger partial charge in [0.2, 0.25) is 5.91 Å². The fourth-order valence-corrected chi connectivity index (χ4v) is 1.66. The molecule has 0 aliphatic rings. The molecule has 1 aromatic rings. The van der Waals surface area contributed by atoms with E-state index in [0.717, 1.165) is 17.7 Å². The first-order valence-corrected chi connectivity index (χ1v) is 5.97. The van der Waals surface area contributed by atoms with Gasteiger partial charge in [-0.3, -0.25) is 9.78 Å². The van der Waals surface area contributed by atoms with Gasteiger partial charge in [0, 0.05) is 12.8 Å². The van der Waals surface area contributed by atoms with Gasteiger partial charge in [0.05, 0.1) is 11.7 Å². The quantitative estimate of drug-likeness (QED) is 0.821. The Morgan fingerprint density at radius 1 is 1.53 bits per heavy atom. The van der Waals surface area contributed by atoms with Crippen LogP contribution in [0.25, 0.3) is 0 Å². The van der Waals surface area contributed by atoms with Gasteiger partial charge in [0.1, 0.15) is 6.61 Å². The minimum atomic E-state index is -0.0937. The van der Waals surface area contributed by atoms with Crippen LogP contribution in [0.5, 0.6) is 0 Å². The number of amides is 1. The van der Waals surface area contributed by atoms with Crippen LogP contribution >= 0.6 is 0 Å². The largest absolute Gasteiger partial charge is 0.372 e. The number of nitrogens with one attached hydrogen (secondary N) is 1. The van der Waals surface area contributed by atoms with E-state index in [0.29, 0.717) is 6.61 Å². The van der Waals surface area contributed by atoms with Crippen LogP contribution in [0.15, 0.2) is 18.3 Å². The highest BCUT2D eigenvalue weighted by molar-refractivity contribution is 5.77. The summed E-state index contributed by atoms with van der Waals surface area (Å²) in [5.74, 6) is -0.0937. The number of pyridine rings is 1. The summed E-state index contributed by atoms with van der Waals surface area (Å²) in [6.45, 7) is 6.55. The fourth-order valence-electron chi connectivity index (χ4n) is 1.66. The summed E-state index contributed by atoms with van der Waals surface area (Å²) < 4.78 is 5.07. The molecule has 0 aromatic carbocycles. The molecule has 0 aliphatic carbocycles. The Balaban J connectivity index is 2.66. The minimum Gasteiger partial charge on any atom is -0.372 e. The monoisotopic (exact) mass is 236 g/mol. The first kappa shape index (κ1) is 13.6. The molecular formula is C13H20N2O2. The van der Waals surface area contributed by atoms with Gasteiger partial charge in [-0.05, 0) is 31.9 Å². The zero-order valence-corrected chi connectivity index (χ0v) is 10.7. The zero-order valence-electron chi connectivity index (χ0n) is 10.7. The summed E-state index contributed by atoms with van der Waals surface area (Å²) in [5, 5.41) is 2.93. The molecule has 4 heteroatoms. The molecular weight excluding hydrogens is 216 g/mol. The van der Waals surface area contributed by atoms with Crippen molar-refractivity contribution in [3.05, 3.63) is 29.6 Å². The molecule has 1 heterocycles. The lowest BCUT2D eigenvalue weighted by atomic mass is 10.1. The lowest BCUT2D eigenvalue weighted by Gasteiger charge is -2.18. The van der Waals surface area contributed by atoms with E-state index in [1.807, 2.05) is 32.9 Å². The maximum absolute atomic E-state index is 11.6. The molecule has 1 N–H and O–H groups in total. The maximum atomic E-state index is 11.6. The number of aryl methyl sites for hydroxylation is 1. The van der Waals surface area contributed by atoms with Gasteiger partial charge >= 0.3 is 0 Å². The number of hydrogen-bond donors (Lipinski definition) is 1. The average molecular weight is 236 g/mol. The first-order chi connectivity index (χ1) is 8.19. The van der Waals surface area contributed by atoms with Crippen molar-refractivity contribution in [2.75, 3.05) is 13.2 Å². The Hall–Kier alpha value is -1.42. The smallest absolute Gasteiger partial charge is 0.246 e. The summed E-state index contributed by atoms with van der Waals surface area (Å²) in [7, 11) is 0. The van der Waals surface area contributed by atoms with Gasteiger partial charge in [-0.25, -0.2) is 0 Å². The molecule has 1 aromatic heterocycles. The van der Waals surface area contributed by atoms with Crippen LogP contribution in [0.3, 0.4) is 0 Å². The Labute approximate surface area is 102 Å². The van der Waals surface area contributed by atoms with Crippen LogP contribution in [0, 0.1) is 6.92 Å². The van der Waals surface area contributed by atoms with Crippen molar-refractivity contribution in [3.8, 4) is 0 Å². The molecule has 1 rings (SSSR count). The molecule has 0 radical (unpaired) electrons. The highest BCUT2D eigenvalue weighted by atomic mass is 16.5. The van der Waals surface area contributed by atoms with E-state index in [2.05, 4.69) is 10.3 Å². The second kappa shape index (κ2) is 7.01. The maximum Gasteiger partial charge on any atom is 0.246 e. The molecule has 94 valence electrons. The lowest BCUT2D eigenvalue weighted by molar-refractivity contribution is -0.126. The predicted molar refractivity (Wildman–Crippen MR) is 66.6 cm³/mol. The molecule has 0 saturated heterocycles. The van der Waals surface area contributed by atoms with E-state index >= 15 is 0 Å². The molecule has 0 saturated carbocycles. The van der Waals surface area contributed by atoms with Crippen molar-refractivity contribution in [1.29, 1.82) is 0 Å². The van der Waals surface area contributed by atoms with Crippen molar-refractivity contribution >= 4 is 5.91 Å². The molecule has 0 bridgehead atoms. The van der Waals surface area contributed by atoms with Crippen LogP contribution in [-0.2, 0) is 9.53 Å². The predicted octanol–water partition coefficient (Wildman–Crippen LogP) is 1.99. The Morgan fingerprint density at radius 3 is 2.88 bits per heavy atom. The number of rotatable bonds is 6. The van der Waals surface area contributed by atoms with Gasteiger partial charge in [0.15, 0.2) is 0 Å². The van der Waals surface area contributed by atoms with Crippen molar-refractivity contribution in [2.24, 2.45) is 0 Å². The van der Waals surface area contributed by atoms with Crippen molar-refractivity contribution in [2.45, 2.75) is 33.2 Å². The molecule has 0 unspecified atom stereocenters. The van der Waals surface area contributed by atoms with Gasteiger partial charge in [-0.2, -0.15) is 0 Å². The summed E-state index contributed by atoms with van der Waals surface area (Å²) in [6, 6.07) is 3.86. The average Bonchev–Trinajstić information content (AvgIpc) is 2.34. The Kier molecular flexibility index (Phi) is 5.63. The van der Waals surface area contributed by atoms with E-state index in [1.54, 1.807) is 6.20 Å². The normalized spacial score (nSPS) is 12.2. The molecule has 1 atom stereocenters. The molecule has 0 spiro atoms. The van der Waals surface area contributed by atoms with Crippen LogP contribution in [0.4, 0.5) is 0 Å². The van der Waals surface area contributed by atoms with Gasteiger partial charge in [-0.15, -0.1) is 0 Å². The SMILES string of the molecule is CCOCC(=O)N[C@H](CC)c1ncccc1C. The van der Waals surface area contributed by atoms with Crippen LogP contribution in [0.1, 0.15) is 37.6 Å². The molecule has 17 heavy (non-hydrogen) atoms. The van der Waals surface area contributed by atoms with E-state index in [9.17, 15) is 4.79 Å². The third-order valence-corrected chi connectivity index (χ3v) is 2.56.